The van der Waals surface area contributed by atoms with Gasteiger partial charge < -0.3 is 15.0 Å². The maximum Gasteiger partial charge on any atom is 0.387 e. The summed E-state index contributed by atoms with van der Waals surface area (Å²) in [5.74, 6) is 0.462. The highest BCUT2D eigenvalue weighted by atomic mass is 19.3. The van der Waals surface area contributed by atoms with Crippen LogP contribution in [0.15, 0.2) is 42.6 Å². The SMILES string of the molecule is Fc1cc(Nc2cc(-c3ccc(OC(F)F)cc3)cnn2)nc(N2CCC3(CC2)CC3)n1. The number of piperidine rings is 1. The molecule has 1 saturated heterocycles. The second-order valence-corrected chi connectivity index (χ2v) is 8.22. The lowest BCUT2D eigenvalue weighted by Gasteiger charge is -2.32. The van der Waals surface area contributed by atoms with E-state index in [1.165, 1.54) is 31.0 Å². The molecule has 10 heteroatoms. The Bertz CT molecular complexity index is 1100. The van der Waals surface area contributed by atoms with E-state index in [9.17, 15) is 13.2 Å². The molecule has 1 N–H and O–H groups in total. The maximum atomic E-state index is 14.2. The van der Waals surface area contributed by atoms with Crippen LogP contribution in [0.5, 0.6) is 5.75 Å². The fourth-order valence-corrected chi connectivity index (χ4v) is 4.01. The lowest BCUT2D eigenvalue weighted by Crippen LogP contribution is -2.35. The predicted molar refractivity (Wildman–Crippen MR) is 112 cm³/mol. The van der Waals surface area contributed by atoms with Crippen molar-refractivity contribution in [3.63, 3.8) is 0 Å². The van der Waals surface area contributed by atoms with E-state index in [1.807, 2.05) is 4.90 Å². The van der Waals surface area contributed by atoms with Gasteiger partial charge in [0.15, 0.2) is 5.82 Å². The molecular weight excluding hydrogens is 421 g/mol. The van der Waals surface area contributed by atoms with E-state index in [0.717, 1.165) is 31.5 Å². The fraction of sp³-hybridized carbons (Fsp3) is 0.364. The Hall–Kier alpha value is -3.43. The third-order valence-electron chi connectivity index (χ3n) is 6.07. The molecule has 0 unspecified atom stereocenters. The van der Waals surface area contributed by atoms with Gasteiger partial charge in [0.05, 0.1) is 6.20 Å². The molecule has 2 aromatic heterocycles. The average Bonchev–Trinajstić information content (AvgIpc) is 3.53. The number of hydrogen-bond donors (Lipinski definition) is 1. The molecule has 0 bridgehead atoms. The Morgan fingerprint density at radius 3 is 2.38 bits per heavy atom. The number of benzene rings is 1. The van der Waals surface area contributed by atoms with E-state index in [4.69, 9.17) is 0 Å². The molecule has 2 fully saturated rings. The van der Waals surface area contributed by atoms with Crippen LogP contribution in [-0.4, -0.2) is 39.9 Å². The van der Waals surface area contributed by atoms with Crippen molar-refractivity contribution in [1.82, 2.24) is 20.2 Å². The highest BCUT2D eigenvalue weighted by Gasteiger charge is 2.44. The van der Waals surface area contributed by atoms with Crippen LogP contribution in [0, 0.1) is 11.4 Å². The topological polar surface area (TPSA) is 76.1 Å². The number of halogens is 3. The molecule has 32 heavy (non-hydrogen) atoms. The van der Waals surface area contributed by atoms with Crippen LogP contribution < -0.4 is 15.0 Å². The van der Waals surface area contributed by atoms with Gasteiger partial charge in [0.2, 0.25) is 11.9 Å². The Labute approximate surface area is 182 Å². The number of anilines is 3. The summed E-state index contributed by atoms with van der Waals surface area (Å²) < 4.78 is 43.2. The quantitative estimate of drug-likeness (QED) is 0.550. The lowest BCUT2D eigenvalue weighted by atomic mass is 9.94. The minimum Gasteiger partial charge on any atom is -0.435 e. The van der Waals surface area contributed by atoms with Gasteiger partial charge in [-0.3, -0.25) is 0 Å². The summed E-state index contributed by atoms with van der Waals surface area (Å²) in [6.07, 6.45) is 6.29. The molecule has 2 aliphatic rings. The van der Waals surface area contributed by atoms with Crippen LogP contribution in [0.1, 0.15) is 25.7 Å². The number of hydrogen-bond acceptors (Lipinski definition) is 7. The van der Waals surface area contributed by atoms with E-state index < -0.39 is 12.6 Å². The standard InChI is InChI=1S/C22H21F3N6O/c23-17-12-18(29-21(27-17)31-9-7-22(5-6-22)8-10-31)28-19-11-15(13-26-30-19)14-1-3-16(4-2-14)32-20(24)25/h1-4,11-13,20H,5-10H2,(H,27,28,29,30). The van der Waals surface area contributed by atoms with Gasteiger partial charge in [0.25, 0.3) is 0 Å². The molecule has 0 radical (unpaired) electrons. The first-order chi connectivity index (χ1) is 15.5. The van der Waals surface area contributed by atoms with E-state index in [-0.39, 0.29) is 11.6 Å². The second-order valence-electron chi connectivity index (χ2n) is 8.22. The zero-order valence-corrected chi connectivity index (χ0v) is 17.1. The largest absolute Gasteiger partial charge is 0.435 e. The molecule has 166 valence electrons. The molecule has 3 heterocycles. The van der Waals surface area contributed by atoms with Gasteiger partial charge in [0.1, 0.15) is 11.6 Å². The minimum absolute atomic E-state index is 0.0680. The van der Waals surface area contributed by atoms with Crippen LogP contribution in [0.2, 0.25) is 0 Å². The van der Waals surface area contributed by atoms with Crippen LogP contribution in [0.3, 0.4) is 0 Å². The van der Waals surface area contributed by atoms with E-state index >= 15 is 0 Å². The van der Waals surface area contributed by atoms with Gasteiger partial charge in [-0.2, -0.15) is 28.2 Å². The van der Waals surface area contributed by atoms with Gasteiger partial charge >= 0.3 is 6.61 Å². The maximum absolute atomic E-state index is 14.2. The summed E-state index contributed by atoms with van der Waals surface area (Å²) >= 11 is 0. The number of nitrogens with zero attached hydrogens (tertiary/aromatic N) is 5. The Morgan fingerprint density at radius 2 is 1.69 bits per heavy atom. The van der Waals surface area contributed by atoms with Gasteiger partial charge in [-0.05, 0) is 54.9 Å². The zero-order valence-electron chi connectivity index (χ0n) is 17.1. The van der Waals surface area contributed by atoms with E-state index in [2.05, 4.69) is 30.2 Å². The molecular formula is C22H21F3N6O. The smallest absolute Gasteiger partial charge is 0.387 e. The molecule has 0 atom stereocenters. The fourth-order valence-electron chi connectivity index (χ4n) is 4.01. The molecule has 1 aliphatic carbocycles. The van der Waals surface area contributed by atoms with Gasteiger partial charge in [-0.1, -0.05) is 12.1 Å². The predicted octanol–water partition coefficient (Wildman–Crippen LogP) is 4.80. The van der Waals surface area contributed by atoms with Crippen molar-refractivity contribution in [2.45, 2.75) is 32.3 Å². The Morgan fingerprint density at radius 1 is 0.938 bits per heavy atom. The Balaban J connectivity index is 1.31. The molecule has 1 aliphatic heterocycles. The molecule has 1 saturated carbocycles. The third-order valence-corrected chi connectivity index (χ3v) is 6.07. The van der Waals surface area contributed by atoms with Crippen molar-refractivity contribution in [3.05, 3.63) is 48.5 Å². The van der Waals surface area contributed by atoms with Crippen molar-refractivity contribution in [2.24, 2.45) is 5.41 Å². The van der Waals surface area contributed by atoms with Crippen molar-refractivity contribution in [1.29, 1.82) is 0 Å². The molecule has 0 amide bonds. The number of rotatable bonds is 6. The van der Waals surface area contributed by atoms with E-state index in [0.29, 0.717) is 22.7 Å². The summed E-state index contributed by atoms with van der Waals surface area (Å²) in [5, 5.41) is 11.0. The molecule has 5 rings (SSSR count). The first-order valence-corrected chi connectivity index (χ1v) is 10.4. The highest BCUT2D eigenvalue weighted by Crippen LogP contribution is 2.53. The van der Waals surface area contributed by atoms with Crippen molar-refractivity contribution in [3.8, 4) is 16.9 Å². The van der Waals surface area contributed by atoms with Gasteiger partial charge in [0, 0.05) is 24.7 Å². The number of alkyl halides is 2. The van der Waals surface area contributed by atoms with Crippen molar-refractivity contribution in [2.75, 3.05) is 23.3 Å². The third kappa shape index (κ3) is 4.58. The van der Waals surface area contributed by atoms with Crippen LogP contribution >= 0.6 is 0 Å². The summed E-state index contributed by atoms with van der Waals surface area (Å²) in [6.45, 7) is -1.23. The summed E-state index contributed by atoms with van der Waals surface area (Å²) in [5.41, 5.74) is 1.94. The average molecular weight is 442 g/mol. The minimum atomic E-state index is -2.88. The monoisotopic (exact) mass is 442 g/mol. The van der Waals surface area contributed by atoms with Gasteiger partial charge in [-0.15, -0.1) is 5.10 Å². The van der Waals surface area contributed by atoms with Crippen molar-refractivity contribution < 1.29 is 17.9 Å². The van der Waals surface area contributed by atoms with Gasteiger partial charge in [-0.25, -0.2) is 0 Å². The molecule has 1 spiro atoms. The van der Waals surface area contributed by atoms with Crippen molar-refractivity contribution >= 4 is 17.6 Å². The molecule has 1 aromatic carbocycles. The highest BCUT2D eigenvalue weighted by molar-refractivity contribution is 5.67. The van der Waals surface area contributed by atoms with Crippen LogP contribution in [-0.2, 0) is 0 Å². The lowest BCUT2D eigenvalue weighted by molar-refractivity contribution is -0.0498. The number of nitrogens with one attached hydrogen (secondary N) is 1. The number of aromatic nitrogens is 4. The van der Waals surface area contributed by atoms with Crippen LogP contribution in [0.25, 0.3) is 11.1 Å². The Kier molecular flexibility index (Phi) is 5.28. The first kappa shape index (κ1) is 20.5. The second kappa shape index (κ2) is 8.25. The summed E-state index contributed by atoms with van der Waals surface area (Å²) in [7, 11) is 0. The summed E-state index contributed by atoms with van der Waals surface area (Å²) in [6, 6.07) is 9.11. The normalized spacial score (nSPS) is 16.9. The molecule has 7 nitrogen and oxygen atoms in total. The van der Waals surface area contributed by atoms with E-state index in [1.54, 1.807) is 24.4 Å². The first-order valence-electron chi connectivity index (χ1n) is 10.4. The van der Waals surface area contributed by atoms with Crippen LogP contribution in [0.4, 0.5) is 30.8 Å². The summed E-state index contributed by atoms with van der Waals surface area (Å²) in [4.78, 5) is 10.5. The zero-order chi connectivity index (χ0) is 22.1. The number of ether oxygens (including phenoxy) is 1. The molecule has 3 aromatic rings.